The van der Waals surface area contributed by atoms with Crippen LogP contribution < -0.4 is 10.6 Å². The van der Waals surface area contributed by atoms with Gasteiger partial charge in [0.05, 0.1) is 6.54 Å². The Morgan fingerprint density at radius 1 is 1.03 bits per heavy atom. The van der Waals surface area contributed by atoms with E-state index in [2.05, 4.69) is 61.1 Å². The molecule has 2 aromatic carbocycles. The summed E-state index contributed by atoms with van der Waals surface area (Å²) in [5.41, 5.74) is 2.43. The molecule has 0 bridgehead atoms. The zero-order chi connectivity index (χ0) is 20.6. The molecule has 1 aliphatic rings. The first kappa shape index (κ1) is 23.2. The highest BCUT2D eigenvalue weighted by atomic mass is 127. The maximum atomic E-state index is 4.39. The van der Waals surface area contributed by atoms with Gasteiger partial charge in [-0.15, -0.1) is 34.2 Å². The van der Waals surface area contributed by atoms with Crippen molar-refractivity contribution in [3.05, 3.63) is 78.4 Å². The summed E-state index contributed by atoms with van der Waals surface area (Å²) in [6.07, 6.45) is 3.95. The molecule has 7 nitrogen and oxygen atoms in total. The smallest absolute Gasteiger partial charge is 0.191 e. The van der Waals surface area contributed by atoms with E-state index in [1.165, 1.54) is 5.56 Å². The lowest BCUT2D eigenvalue weighted by Crippen LogP contribution is -2.48. The van der Waals surface area contributed by atoms with Crippen LogP contribution in [0, 0.1) is 0 Å². The highest BCUT2D eigenvalue weighted by molar-refractivity contribution is 14.0. The summed E-state index contributed by atoms with van der Waals surface area (Å²) in [5, 5.41) is 15.3. The van der Waals surface area contributed by atoms with E-state index in [0.717, 1.165) is 49.9 Å². The van der Waals surface area contributed by atoms with Crippen molar-refractivity contribution in [3.8, 4) is 5.69 Å². The molecule has 1 saturated heterocycles. The first-order chi connectivity index (χ1) is 14.8. The molecule has 0 aliphatic carbocycles. The Morgan fingerprint density at radius 2 is 1.71 bits per heavy atom. The summed E-state index contributed by atoms with van der Waals surface area (Å²) < 4.78 is 1.99. The summed E-state index contributed by atoms with van der Waals surface area (Å²) in [6.45, 7) is 3.76. The number of hydrogen-bond donors (Lipinski definition) is 2. The predicted molar refractivity (Wildman–Crippen MR) is 135 cm³/mol. The molecule has 4 rings (SSSR count). The number of likely N-dealkylation sites (tertiary alicyclic amines) is 1. The lowest BCUT2D eigenvalue weighted by Gasteiger charge is -2.33. The molecule has 164 valence electrons. The molecule has 2 heterocycles. The average molecular weight is 531 g/mol. The molecule has 8 heteroatoms. The van der Waals surface area contributed by atoms with E-state index in [1.54, 1.807) is 6.33 Å². The molecule has 1 aromatic heterocycles. The Morgan fingerprint density at radius 3 is 2.39 bits per heavy atom. The molecule has 3 aromatic rings. The van der Waals surface area contributed by atoms with Crippen LogP contribution in [0.2, 0.25) is 0 Å². The van der Waals surface area contributed by atoms with Crippen LogP contribution in [0.3, 0.4) is 0 Å². The standard InChI is InChI=1S/C23H29N7.HI/c1-24-23(25-16-22-28-26-18-30(22)21-10-6-3-7-11-21)27-20-12-14-29(15-13-20)17-19-8-4-2-5-9-19;/h2-11,18,20H,12-17H2,1H3,(H2,24,25,27);1H. The molecular formula is C23H30IN7. The van der Waals surface area contributed by atoms with Gasteiger partial charge < -0.3 is 10.6 Å². The third kappa shape index (κ3) is 6.51. The Labute approximate surface area is 201 Å². The number of benzene rings is 2. The fraction of sp³-hybridized carbons (Fsp3) is 0.348. The minimum absolute atomic E-state index is 0. The molecule has 0 amide bonds. The summed E-state index contributed by atoms with van der Waals surface area (Å²) >= 11 is 0. The van der Waals surface area contributed by atoms with E-state index in [1.807, 2.05) is 41.9 Å². The van der Waals surface area contributed by atoms with Crippen LogP contribution in [0.25, 0.3) is 5.69 Å². The second-order valence-electron chi connectivity index (χ2n) is 7.56. The van der Waals surface area contributed by atoms with Gasteiger partial charge in [0.15, 0.2) is 11.8 Å². The molecule has 0 atom stereocenters. The van der Waals surface area contributed by atoms with Gasteiger partial charge in [0, 0.05) is 38.4 Å². The fourth-order valence-corrected chi connectivity index (χ4v) is 3.81. The number of aliphatic imine (C=N–C) groups is 1. The van der Waals surface area contributed by atoms with Crippen LogP contribution >= 0.6 is 24.0 Å². The maximum Gasteiger partial charge on any atom is 0.191 e. The number of hydrogen-bond acceptors (Lipinski definition) is 4. The normalized spacial score (nSPS) is 15.3. The Hall–Kier alpha value is -2.46. The Balaban J connectivity index is 0.00000272. The number of nitrogens with one attached hydrogen (secondary N) is 2. The SMILES string of the molecule is CN=C(NCc1nncn1-c1ccccc1)NC1CCN(Cc2ccccc2)CC1.I. The van der Waals surface area contributed by atoms with Crippen LogP contribution in [0.1, 0.15) is 24.2 Å². The number of halogens is 1. The third-order valence-corrected chi connectivity index (χ3v) is 5.47. The molecule has 1 aliphatic heterocycles. The van der Waals surface area contributed by atoms with Gasteiger partial charge in [0.2, 0.25) is 0 Å². The van der Waals surface area contributed by atoms with Crippen LogP contribution in [0.15, 0.2) is 72.0 Å². The second kappa shape index (κ2) is 11.8. The Kier molecular flexibility index (Phi) is 8.84. The highest BCUT2D eigenvalue weighted by Gasteiger charge is 2.20. The van der Waals surface area contributed by atoms with Crippen molar-refractivity contribution in [2.75, 3.05) is 20.1 Å². The maximum absolute atomic E-state index is 4.39. The minimum Gasteiger partial charge on any atom is -0.354 e. The van der Waals surface area contributed by atoms with Crippen molar-refractivity contribution < 1.29 is 0 Å². The lowest BCUT2D eigenvalue weighted by atomic mass is 10.0. The van der Waals surface area contributed by atoms with Crippen LogP contribution in [0.4, 0.5) is 0 Å². The zero-order valence-corrected chi connectivity index (χ0v) is 20.1. The van der Waals surface area contributed by atoms with Gasteiger partial charge in [-0.1, -0.05) is 48.5 Å². The molecule has 2 N–H and O–H groups in total. The van der Waals surface area contributed by atoms with E-state index >= 15 is 0 Å². The molecule has 31 heavy (non-hydrogen) atoms. The highest BCUT2D eigenvalue weighted by Crippen LogP contribution is 2.14. The molecular weight excluding hydrogens is 501 g/mol. The van der Waals surface area contributed by atoms with Crippen molar-refractivity contribution >= 4 is 29.9 Å². The summed E-state index contributed by atoms with van der Waals surface area (Å²) in [6, 6.07) is 21.2. The molecule has 1 fully saturated rings. The number of guanidine groups is 1. The summed E-state index contributed by atoms with van der Waals surface area (Å²) in [5.74, 6) is 1.65. The lowest BCUT2D eigenvalue weighted by molar-refractivity contribution is 0.198. The van der Waals surface area contributed by atoms with Crippen LogP contribution in [-0.4, -0.2) is 51.8 Å². The van der Waals surface area contributed by atoms with E-state index in [9.17, 15) is 0 Å². The largest absolute Gasteiger partial charge is 0.354 e. The molecule has 0 radical (unpaired) electrons. The van der Waals surface area contributed by atoms with Gasteiger partial charge in [0.25, 0.3) is 0 Å². The van der Waals surface area contributed by atoms with Crippen molar-refractivity contribution in [1.82, 2.24) is 30.3 Å². The van der Waals surface area contributed by atoms with E-state index in [4.69, 9.17) is 0 Å². The second-order valence-corrected chi connectivity index (χ2v) is 7.56. The number of piperidine rings is 1. The average Bonchev–Trinajstić information content (AvgIpc) is 3.28. The van der Waals surface area contributed by atoms with E-state index < -0.39 is 0 Å². The van der Waals surface area contributed by atoms with Crippen LogP contribution in [-0.2, 0) is 13.1 Å². The van der Waals surface area contributed by atoms with Gasteiger partial charge in [-0.25, -0.2) is 0 Å². The van der Waals surface area contributed by atoms with Gasteiger partial charge in [0.1, 0.15) is 6.33 Å². The fourth-order valence-electron chi connectivity index (χ4n) is 3.81. The predicted octanol–water partition coefficient (Wildman–Crippen LogP) is 3.21. The number of aromatic nitrogens is 3. The number of rotatable bonds is 6. The zero-order valence-electron chi connectivity index (χ0n) is 17.8. The third-order valence-electron chi connectivity index (χ3n) is 5.47. The molecule has 0 saturated carbocycles. The van der Waals surface area contributed by atoms with Gasteiger partial charge >= 0.3 is 0 Å². The summed E-state index contributed by atoms with van der Waals surface area (Å²) in [4.78, 5) is 6.91. The first-order valence-corrected chi connectivity index (χ1v) is 10.5. The van der Waals surface area contributed by atoms with E-state index in [-0.39, 0.29) is 24.0 Å². The van der Waals surface area contributed by atoms with E-state index in [0.29, 0.717) is 12.6 Å². The van der Waals surface area contributed by atoms with Crippen molar-refractivity contribution in [2.24, 2.45) is 4.99 Å². The molecule has 0 unspecified atom stereocenters. The quantitative estimate of drug-likeness (QED) is 0.291. The van der Waals surface area contributed by atoms with Crippen molar-refractivity contribution in [2.45, 2.75) is 32.0 Å². The van der Waals surface area contributed by atoms with Gasteiger partial charge in [-0.3, -0.25) is 14.5 Å². The van der Waals surface area contributed by atoms with Gasteiger partial charge in [-0.05, 0) is 30.5 Å². The number of para-hydroxylation sites is 1. The van der Waals surface area contributed by atoms with Gasteiger partial charge in [-0.2, -0.15) is 0 Å². The molecule has 0 spiro atoms. The summed E-state index contributed by atoms with van der Waals surface area (Å²) in [7, 11) is 1.81. The Bertz CT molecular complexity index is 935. The van der Waals surface area contributed by atoms with Crippen LogP contribution in [0.5, 0.6) is 0 Å². The minimum atomic E-state index is 0. The van der Waals surface area contributed by atoms with Crippen molar-refractivity contribution in [1.29, 1.82) is 0 Å². The monoisotopic (exact) mass is 531 g/mol. The van der Waals surface area contributed by atoms with Crippen molar-refractivity contribution in [3.63, 3.8) is 0 Å². The first-order valence-electron chi connectivity index (χ1n) is 10.5. The number of nitrogens with zero attached hydrogens (tertiary/aromatic N) is 5. The topological polar surface area (TPSA) is 70.4 Å².